The molecule has 0 aliphatic rings. The van der Waals surface area contributed by atoms with Crippen LogP contribution in [0, 0.1) is 0 Å². The number of fused-ring (bicyclic) bond motifs is 1. The van der Waals surface area contributed by atoms with E-state index in [9.17, 15) is 4.79 Å². The van der Waals surface area contributed by atoms with Crippen LogP contribution in [0.4, 0.5) is 5.69 Å². The molecule has 1 aromatic carbocycles. The molecule has 4 aromatic rings. The molecule has 4 rings (SSSR count). The van der Waals surface area contributed by atoms with Gasteiger partial charge < -0.3 is 11.1 Å². The number of carbonyl (C=O) groups is 1. The third kappa shape index (κ3) is 2.95. The maximum absolute atomic E-state index is 12.4. The van der Waals surface area contributed by atoms with E-state index in [2.05, 4.69) is 30.7 Å². The highest BCUT2D eigenvalue weighted by Gasteiger charge is 2.09. The molecule has 124 valence electrons. The first-order chi connectivity index (χ1) is 12.2. The summed E-state index contributed by atoms with van der Waals surface area (Å²) in [5.74, 6) is 0.972. The van der Waals surface area contributed by atoms with E-state index in [0.717, 1.165) is 5.56 Å². The molecule has 9 nitrogen and oxygen atoms in total. The third-order valence-electron chi connectivity index (χ3n) is 3.68. The number of nitrogens with zero attached hydrogens (tertiary/aromatic N) is 5. The van der Waals surface area contributed by atoms with E-state index in [4.69, 9.17) is 5.73 Å². The minimum atomic E-state index is -0.216. The average Bonchev–Trinajstić information content (AvgIpc) is 3.30. The Bertz CT molecular complexity index is 1030. The number of anilines is 1. The molecule has 0 radical (unpaired) electrons. The molecule has 3 aromatic heterocycles. The zero-order valence-corrected chi connectivity index (χ0v) is 13.0. The van der Waals surface area contributed by atoms with E-state index >= 15 is 0 Å². The van der Waals surface area contributed by atoms with Crippen molar-refractivity contribution in [3.8, 4) is 11.4 Å². The zero-order chi connectivity index (χ0) is 17.2. The molecule has 4 N–H and O–H groups in total. The predicted molar refractivity (Wildman–Crippen MR) is 90.7 cm³/mol. The number of nitrogens with one attached hydrogen (secondary N) is 2. The Balaban J connectivity index is 1.51. The summed E-state index contributed by atoms with van der Waals surface area (Å²) in [6, 6.07) is 10.7. The summed E-state index contributed by atoms with van der Waals surface area (Å²) in [7, 11) is 0. The maximum Gasteiger partial charge on any atom is 0.257 e. The number of amides is 1. The van der Waals surface area contributed by atoms with Crippen molar-refractivity contribution in [3.63, 3.8) is 0 Å². The van der Waals surface area contributed by atoms with Crippen LogP contribution in [-0.4, -0.2) is 35.7 Å². The molecule has 25 heavy (non-hydrogen) atoms. The molecule has 0 saturated carbocycles. The zero-order valence-electron chi connectivity index (χ0n) is 13.0. The fraction of sp³-hybridized carbons (Fsp3) is 0.0625. The predicted octanol–water partition coefficient (Wildman–Crippen LogP) is 1.23. The van der Waals surface area contributed by atoms with Crippen molar-refractivity contribution in [2.24, 2.45) is 5.73 Å². The summed E-state index contributed by atoms with van der Waals surface area (Å²) in [5.41, 5.74) is 8.22. The fourth-order valence-electron chi connectivity index (χ4n) is 2.38. The highest BCUT2D eigenvalue weighted by molar-refractivity contribution is 6.04. The van der Waals surface area contributed by atoms with Gasteiger partial charge in [-0.05, 0) is 36.4 Å². The molecule has 0 fully saturated rings. The summed E-state index contributed by atoms with van der Waals surface area (Å²) >= 11 is 0. The van der Waals surface area contributed by atoms with Gasteiger partial charge in [0, 0.05) is 17.4 Å². The Labute approximate surface area is 141 Å². The largest absolute Gasteiger partial charge is 0.324 e. The second-order valence-electron chi connectivity index (χ2n) is 5.36. The number of aromatic amines is 1. The molecular weight excluding hydrogens is 320 g/mol. The molecule has 0 aliphatic carbocycles. The van der Waals surface area contributed by atoms with Gasteiger partial charge in [-0.15, -0.1) is 10.2 Å². The minimum Gasteiger partial charge on any atom is -0.324 e. The highest BCUT2D eigenvalue weighted by atomic mass is 16.1. The molecule has 0 bridgehead atoms. The second kappa shape index (κ2) is 6.13. The van der Waals surface area contributed by atoms with Crippen LogP contribution in [-0.2, 0) is 6.54 Å². The van der Waals surface area contributed by atoms with Gasteiger partial charge in [0.2, 0.25) is 0 Å². The quantitative estimate of drug-likeness (QED) is 0.515. The topological polar surface area (TPSA) is 127 Å². The Morgan fingerprint density at radius 1 is 1.20 bits per heavy atom. The number of carbonyl (C=O) groups excluding carboxylic acids is 1. The Morgan fingerprint density at radius 2 is 2.04 bits per heavy atom. The summed E-state index contributed by atoms with van der Waals surface area (Å²) in [4.78, 5) is 16.6. The number of aromatic nitrogens is 6. The van der Waals surface area contributed by atoms with Gasteiger partial charge in [-0.3, -0.25) is 14.3 Å². The van der Waals surface area contributed by atoms with Crippen molar-refractivity contribution < 1.29 is 4.79 Å². The van der Waals surface area contributed by atoms with Crippen LogP contribution in [0.25, 0.3) is 17.0 Å². The van der Waals surface area contributed by atoms with Gasteiger partial charge in [-0.1, -0.05) is 0 Å². The number of nitrogens with two attached hydrogens (primary N) is 1. The van der Waals surface area contributed by atoms with Crippen LogP contribution in [0.3, 0.4) is 0 Å². The van der Waals surface area contributed by atoms with E-state index in [-0.39, 0.29) is 5.91 Å². The summed E-state index contributed by atoms with van der Waals surface area (Å²) < 4.78 is 1.69. The lowest BCUT2D eigenvalue weighted by molar-refractivity contribution is 0.102. The number of benzene rings is 1. The van der Waals surface area contributed by atoms with Crippen LogP contribution in [0.1, 0.15) is 16.2 Å². The third-order valence-corrected chi connectivity index (χ3v) is 3.68. The number of H-pyrrole nitrogens is 1. The highest BCUT2D eigenvalue weighted by Crippen LogP contribution is 2.18. The van der Waals surface area contributed by atoms with Gasteiger partial charge in [-0.2, -0.15) is 5.10 Å². The lowest BCUT2D eigenvalue weighted by Crippen LogP contribution is -2.12. The van der Waals surface area contributed by atoms with E-state index in [1.807, 2.05) is 12.1 Å². The fourth-order valence-corrected chi connectivity index (χ4v) is 2.38. The minimum absolute atomic E-state index is 0.216. The smallest absolute Gasteiger partial charge is 0.257 e. The molecular formula is C16H14N8O. The standard InChI is InChI=1S/C16H14N8O/c17-7-13-20-15(23-21-13)10-1-4-12(5-2-10)19-16(25)11-3-6-14-22-18-9-24(14)8-11/h1-6,8-9H,7,17H2,(H,19,25)(H,20,21,23). The van der Waals surface area contributed by atoms with E-state index in [1.165, 1.54) is 0 Å². The molecule has 3 heterocycles. The molecule has 0 atom stereocenters. The number of rotatable bonds is 4. The van der Waals surface area contributed by atoms with Crippen LogP contribution >= 0.6 is 0 Å². The summed E-state index contributed by atoms with van der Waals surface area (Å²) in [5, 5.41) is 17.4. The van der Waals surface area contributed by atoms with Gasteiger partial charge in [-0.25, -0.2) is 4.98 Å². The number of hydrogen-bond acceptors (Lipinski definition) is 6. The van der Waals surface area contributed by atoms with E-state index in [1.54, 1.807) is 41.2 Å². The Kier molecular flexibility index (Phi) is 3.67. The van der Waals surface area contributed by atoms with Crippen LogP contribution < -0.4 is 11.1 Å². The summed E-state index contributed by atoms with van der Waals surface area (Å²) in [6.07, 6.45) is 3.23. The van der Waals surface area contributed by atoms with E-state index < -0.39 is 0 Å². The normalized spacial score (nSPS) is 10.9. The van der Waals surface area contributed by atoms with Crippen molar-refractivity contribution in [2.45, 2.75) is 6.54 Å². The average molecular weight is 334 g/mol. The van der Waals surface area contributed by atoms with Crippen LogP contribution in [0.15, 0.2) is 48.9 Å². The molecule has 0 saturated heterocycles. The van der Waals surface area contributed by atoms with Crippen molar-refractivity contribution >= 4 is 17.2 Å². The molecule has 1 amide bonds. The van der Waals surface area contributed by atoms with Gasteiger partial charge in [0.25, 0.3) is 5.91 Å². The number of hydrogen-bond donors (Lipinski definition) is 3. The van der Waals surface area contributed by atoms with Crippen LogP contribution in [0.2, 0.25) is 0 Å². The van der Waals surface area contributed by atoms with Gasteiger partial charge in [0.15, 0.2) is 11.5 Å². The molecule has 0 aliphatic heterocycles. The van der Waals surface area contributed by atoms with Crippen LogP contribution in [0.5, 0.6) is 0 Å². The first-order valence-corrected chi connectivity index (χ1v) is 7.55. The Morgan fingerprint density at radius 3 is 2.80 bits per heavy atom. The number of pyridine rings is 1. The molecule has 0 spiro atoms. The summed E-state index contributed by atoms with van der Waals surface area (Å²) in [6.45, 7) is 0.303. The first-order valence-electron chi connectivity index (χ1n) is 7.55. The lowest BCUT2D eigenvalue weighted by Gasteiger charge is -2.06. The van der Waals surface area contributed by atoms with Crippen molar-refractivity contribution in [3.05, 3.63) is 60.3 Å². The van der Waals surface area contributed by atoms with Gasteiger partial charge >= 0.3 is 0 Å². The SMILES string of the molecule is NCc1nc(-c2ccc(NC(=O)c3ccc4nncn4c3)cc2)n[nH]1. The lowest BCUT2D eigenvalue weighted by atomic mass is 10.2. The van der Waals surface area contributed by atoms with Crippen molar-refractivity contribution in [1.82, 2.24) is 29.8 Å². The van der Waals surface area contributed by atoms with E-state index in [0.29, 0.717) is 35.1 Å². The maximum atomic E-state index is 12.4. The molecule has 9 heteroatoms. The molecule has 0 unspecified atom stereocenters. The van der Waals surface area contributed by atoms with Gasteiger partial charge in [0.05, 0.1) is 12.1 Å². The second-order valence-corrected chi connectivity index (χ2v) is 5.36. The van der Waals surface area contributed by atoms with Gasteiger partial charge in [0.1, 0.15) is 12.2 Å². The van der Waals surface area contributed by atoms with Crippen molar-refractivity contribution in [1.29, 1.82) is 0 Å². The van der Waals surface area contributed by atoms with Crippen molar-refractivity contribution in [2.75, 3.05) is 5.32 Å². The Hall–Kier alpha value is -3.59. The first kappa shape index (κ1) is 15.0. The monoisotopic (exact) mass is 334 g/mol.